The molecule has 0 spiro atoms. The van der Waals surface area contributed by atoms with Gasteiger partial charge >= 0.3 is 10.2 Å². The van der Waals surface area contributed by atoms with Crippen LogP contribution in [0, 0.1) is 17.6 Å². The normalized spacial score (nSPS) is 21.0. The minimum absolute atomic E-state index is 0.000648. The quantitative estimate of drug-likeness (QED) is 0.109. The number of nitrogens with zero attached hydrogens (tertiary/aromatic N) is 6. The van der Waals surface area contributed by atoms with E-state index < -0.39 is 81.3 Å². The lowest BCUT2D eigenvalue weighted by molar-refractivity contribution is -0.136. The Morgan fingerprint density at radius 2 is 1.51 bits per heavy atom. The van der Waals surface area contributed by atoms with Crippen LogP contribution in [-0.2, 0) is 19.8 Å². The molecule has 354 valence electrons. The Hall–Kier alpha value is -6.64. The fourth-order valence-electron chi connectivity index (χ4n) is 10.0. The molecule has 4 amide bonds. The summed E-state index contributed by atoms with van der Waals surface area (Å²) < 4.78 is 73.1. The van der Waals surface area contributed by atoms with Gasteiger partial charge in [0.2, 0.25) is 17.6 Å². The average Bonchev–Trinajstić information content (AvgIpc) is 4.05. The number of ketones is 1. The van der Waals surface area contributed by atoms with E-state index in [-0.39, 0.29) is 42.5 Å². The lowest BCUT2D eigenvalue weighted by atomic mass is 9.92. The fraction of sp³-hybridized carbons (Fsp3) is 0.375. The number of nitrogens with one attached hydrogen (secondary N) is 3. The second-order valence-corrected chi connectivity index (χ2v) is 19.7. The minimum Gasteiger partial charge on any atom is -0.372 e. The molecular weight excluding hydrogens is 904 g/mol. The molecule has 0 radical (unpaired) electrons. The Balaban J connectivity index is 0.715. The van der Waals surface area contributed by atoms with Crippen molar-refractivity contribution in [2.45, 2.75) is 50.7 Å². The molecule has 68 heavy (non-hydrogen) atoms. The largest absolute Gasteiger partial charge is 0.372 e. The zero-order chi connectivity index (χ0) is 47.4. The molecule has 5 aromatic rings. The van der Waals surface area contributed by atoms with Crippen LogP contribution in [0.1, 0.15) is 75.2 Å². The minimum atomic E-state index is -4.36. The van der Waals surface area contributed by atoms with Crippen molar-refractivity contribution in [2.75, 3.05) is 73.4 Å². The van der Waals surface area contributed by atoms with Crippen LogP contribution in [0.25, 0.3) is 22.2 Å². The lowest BCUT2D eigenvalue weighted by Crippen LogP contribution is -2.54. The lowest BCUT2D eigenvalue weighted by Gasteiger charge is -2.38. The van der Waals surface area contributed by atoms with Gasteiger partial charge in [0, 0.05) is 99.1 Å². The van der Waals surface area contributed by atoms with Crippen LogP contribution >= 0.6 is 0 Å². The van der Waals surface area contributed by atoms with Crippen molar-refractivity contribution in [1.82, 2.24) is 29.4 Å². The van der Waals surface area contributed by atoms with Crippen molar-refractivity contribution < 1.29 is 45.6 Å². The average molecular weight is 952 g/mol. The Labute approximate surface area is 389 Å². The molecule has 7 heterocycles. The van der Waals surface area contributed by atoms with Crippen LogP contribution < -0.4 is 19.8 Å². The monoisotopic (exact) mass is 951 g/mol. The van der Waals surface area contributed by atoms with Crippen molar-refractivity contribution in [3.63, 3.8) is 0 Å². The summed E-state index contributed by atoms with van der Waals surface area (Å²) in [5.74, 6) is -5.04. The number of halogens is 3. The van der Waals surface area contributed by atoms with Crippen molar-refractivity contribution in [2.24, 2.45) is 5.92 Å². The molecule has 5 aliphatic heterocycles. The van der Waals surface area contributed by atoms with Gasteiger partial charge in [-0.25, -0.2) is 18.2 Å². The SMILES string of the molecule is O=C1CCC(N2C(=O)c3ccc(N4CCN(CCC5CCN(c6ccc(-c7cnc8[nH]cc(C(=O)c9c(F)ccc(NS(=O)(=O)N%10CC[C@@H](F)C%10)c9F)c8c7)cc6)CC5)CC4)cc3C2=O)C(=O)N1. The second kappa shape index (κ2) is 18.1. The number of carbonyl (C=O) groups is 5. The van der Waals surface area contributed by atoms with Gasteiger partial charge in [0.25, 0.3) is 11.8 Å². The van der Waals surface area contributed by atoms with Crippen molar-refractivity contribution >= 4 is 67.7 Å². The molecule has 0 aliphatic carbocycles. The van der Waals surface area contributed by atoms with Crippen LogP contribution in [0.5, 0.6) is 0 Å². The number of piperazine rings is 1. The number of imide groups is 2. The fourth-order valence-corrected chi connectivity index (χ4v) is 11.3. The highest BCUT2D eigenvalue weighted by molar-refractivity contribution is 7.90. The van der Waals surface area contributed by atoms with Crippen LogP contribution in [0.4, 0.5) is 30.2 Å². The molecular formula is C48H48F3N9O7S. The van der Waals surface area contributed by atoms with Gasteiger partial charge in [0.15, 0.2) is 5.82 Å². The summed E-state index contributed by atoms with van der Waals surface area (Å²) in [4.78, 5) is 79.7. The van der Waals surface area contributed by atoms with Gasteiger partial charge in [0.05, 0.1) is 22.4 Å². The van der Waals surface area contributed by atoms with Gasteiger partial charge in [-0.3, -0.25) is 43.8 Å². The maximum Gasteiger partial charge on any atom is 0.301 e. The molecule has 0 bridgehead atoms. The molecule has 3 N–H and O–H groups in total. The van der Waals surface area contributed by atoms with Gasteiger partial charge < -0.3 is 14.8 Å². The third-order valence-corrected chi connectivity index (χ3v) is 15.5. The van der Waals surface area contributed by atoms with Gasteiger partial charge in [0.1, 0.15) is 23.7 Å². The number of carbonyl (C=O) groups excluding carboxylic acids is 5. The number of amides is 4. The zero-order valence-corrected chi connectivity index (χ0v) is 37.7. The first-order valence-electron chi connectivity index (χ1n) is 22.8. The van der Waals surface area contributed by atoms with Crippen molar-refractivity contribution in [1.29, 1.82) is 0 Å². The molecule has 5 aliphatic rings. The summed E-state index contributed by atoms with van der Waals surface area (Å²) in [6.45, 7) is 5.58. The predicted molar refractivity (Wildman–Crippen MR) is 246 cm³/mol. The first kappa shape index (κ1) is 45.2. The molecule has 2 aromatic heterocycles. The first-order chi connectivity index (χ1) is 32.7. The molecule has 0 saturated carbocycles. The standard InChI is InChI=1S/C48H48F3N9O7S/c49-31-14-18-59(27-31)68(66,67)55-39-8-7-38(50)42(43(39)51)44(62)37-26-53-45-35(37)23-30(25-52-45)29-1-3-32(4-2-29)57-16-12-28(13-17-57)11-15-56-19-21-58(22-20-56)33-5-6-34-36(24-33)48(65)60(47(34)64)40-9-10-41(61)54-46(40)63/h1-8,23-26,28,31,40,55H,9-22,27H2,(H,52,53)(H,54,61,63)/t31-,40?/m1/s1. The number of aromatic nitrogens is 2. The molecule has 4 saturated heterocycles. The van der Waals surface area contributed by atoms with E-state index in [1.807, 2.05) is 35.1 Å². The molecule has 2 atom stereocenters. The number of anilines is 3. The van der Waals surface area contributed by atoms with Gasteiger partial charge in [-0.2, -0.15) is 12.7 Å². The number of alkyl halides is 1. The van der Waals surface area contributed by atoms with E-state index in [9.17, 15) is 36.8 Å². The van der Waals surface area contributed by atoms with Crippen molar-refractivity contribution in [3.05, 3.63) is 107 Å². The van der Waals surface area contributed by atoms with E-state index in [4.69, 9.17) is 0 Å². The first-order valence-corrected chi connectivity index (χ1v) is 24.3. The number of aromatic amines is 1. The van der Waals surface area contributed by atoms with Crippen LogP contribution in [0.3, 0.4) is 0 Å². The molecule has 16 nitrogen and oxygen atoms in total. The summed E-state index contributed by atoms with van der Waals surface area (Å²) in [5, 5.41) is 2.56. The highest BCUT2D eigenvalue weighted by atomic mass is 32.2. The molecule has 10 rings (SSSR count). The molecule has 1 unspecified atom stereocenters. The van der Waals surface area contributed by atoms with Gasteiger partial charge in [-0.1, -0.05) is 12.1 Å². The number of hydrogen-bond donors (Lipinski definition) is 3. The highest BCUT2D eigenvalue weighted by Crippen LogP contribution is 2.34. The topological polar surface area (TPSA) is 188 Å². The Morgan fingerprint density at radius 3 is 2.24 bits per heavy atom. The number of piperidine rings is 2. The summed E-state index contributed by atoms with van der Waals surface area (Å²) in [7, 11) is -4.36. The molecule has 20 heteroatoms. The number of hydrogen-bond acceptors (Lipinski definition) is 11. The Bertz CT molecular complexity index is 2970. The number of fused-ring (bicyclic) bond motifs is 2. The Kier molecular flexibility index (Phi) is 12.0. The van der Waals surface area contributed by atoms with Crippen LogP contribution in [0.15, 0.2) is 73.1 Å². The number of rotatable bonds is 12. The van der Waals surface area contributed by atoms with Crippen LogP contribution in [-0.4, -0.2) is 133 Å². The molecule has 3 aromatic carbocycles. The van der Waals surface area contributed by atoms with Gasteiger partial charge in [-0.05, 0) is 98.7 Å². The summed E-state index contributed by atoms with van der Waals surface area (Å²) >= 11 is 0. The maximum absolute atomic E-state index is 15.8. The summed E-state index contributed by atoms with van der Waals surface area (Å²) in [5.41, 5.74) is 2.68. The predicted octanol–water partition coefficient (Wildman–Crippen LogP) is 5.27. The van der Waals surface area contributed by atoms with Crippen LogP contribution in [0.2, 0.25) is 0 Å². The third kappa shape index (κ3) is 8.60. The van der Waals surface area contributed by atoms with E-state index in [0.717, 1.165) is 103 Å². The highest BCUT2D eigenvalue weighted by Gasteiger charge is 2.45. The van der Waals surface area contributed by atoms with E-state index in [1.54, 1.807) is 24.4 Å². The Morgan fingerprint density at radius 1 is 0.794 bits per heavy atom. The van der Waals surface area contributed by atoms with E-state index in [1.165, 1.54) is 6.20 Å². The number of H-pyrrole nitrogens is 1. The maximum atomic E-state index is 15.8. The van der Waals surface area contributed by atoms with Crippen molar-refractivity contribution in [3.8, 4) is 11.1 Å². The number of pyridine rings is 1. The second-order valence-electron chi connectivity index (χ2n) is 18.1. The summed E-state index contributed by atoms with van der Waals surface area (Å²) in [6.07, 6.45) is 4.98. The van der Waals surface area contributed by atoms with Gasteiger partial charge in [-0.15, -0.1) is 0 Å². The number of benzene rings is 3. The molecule has 4 fully saturated rings. The van der Waals surface area contributed by atoms with E-state index in [0.29, 0.717) is 22.5 Å². The third-order valence-electron chi connectivity index (χ3n) is 14.0. The van der Waals surface area contributed by atoms with E-state index in [2.05, 4.69) is 30.0 Å². The van der Waals surface area contributed by atoms with E-state index >= 15 is 8.78 Å². The summed E-state index contributed by atoms with van der Waals surface area (Å²) in [6, 6.07) is 15.7. The smallest absolute Gasteiger partial charge is 0.301 e. The zero-order valence-electron chi connectivity index (χ0n) is 36.9.